The van der Waals surface area contributed by atoms with Gasteiger partial charge in [-0.2, -0.15) is 0 Å². The molecular weight excluding hydrogens is 246 g/mol. The van der Waals surface area contributed by atoms with Gasteiger partial charge in [0.2, 0.25) is 0 Å². The average molecular weight is 265 g/mol. The number of rotatable bonds is 6. The normalized spacial score (nSPS) is 10.3. The molecule has 0 aliphatic rings. The van der Waals surface area contributed by atoms with Crippen molar-refractivity contribution in [1.82, 2.24) is 5.32 Å². The number of carbonyl (C=O) groups is 1. The summed E-state index contributed by atoms with van der Waals surface area (Å²) in [6.07, 6.45) is 0.904. The van der Waals surface area contributed by atoms with Crippen LogP contribution in [0.25, 0.3) is 0 Å². The van der Waals surface area contributed by atoms with Crippen LogP contribution in [0.15, 0.2) is 18.2 Å². The number of nitrogens with one attached hydrogen (secondary N) is 2. The van der Waals surface area contributed by atoms with E-state index in [9.17, 15) is 14.9 Å². The summed E-state index contributed by atoms with van der Waals surface area (Å²) in [6.45, 7) is 4.80. The van der Waals surface area contributed by atoms with Crippen LogP contribution in [0.5, 0.6) is 0 Å². The van der Waals surface area contributed by atoms with E-state index in [0.29, 0.717) is 23.7 Å². The van der Waals surface area contributed by atoms with Gasteiger partial charge in [0.1, 0.15) is 5.69 Å². The number of nitro groups is 1. The molecule has 0 spiro atoms. The van der Waals surface area contributed by atoms with E-state index in [0.717, 1.165) is 6.42 Å². The number of nitro benzene ring substituents is 1. The number of hydrogen-bond donors (Lipinski definition) is 2. The Morgan fingerprint density at radius 2 is 2.11 bits per heavy atom. The molecule has 1 aromatic rings. The van der Waals surface area contributed by atoms with Crippen LogP contribution in [-0.4, -0.2) is 24.4 Å². The first-order chi connectivity index (χ1) is 8.95. The summed E-state index contributed by atoms with van der Waals surface area (Å²) < 4.78 is 0. The zero-order chi connectivity index (χ0) is 14.4. The van der Waals surface area contributed by atoms with Crippen molar-refractivity contribution < 1.29 is 9.72 Å². The number of carbonyl (C=O) groups excluding carboxylic acids is 1. The van der Waals surface area contributed by atoms with E-state index in [4.69, 9.17) is 0 Å². The minimum atomic E-state index is -0.453. The summed E-state index contributed by atoms with van der Waals surface area (Å²) in [6, 6.07) is 4.31. The molecule has 1 rings (SSSR count). The van der Waals surface area contributed by atoms with E-state index in [1.807, 2.05) is 0 Å². The van der Waals surface area contributed by atoms with Crippen molar-refractivity contribution in [3.05, 3.63) is 33.9 Å². The number of anilines is 1. The molecule has 0 saturated carbocycles. The molecule has 6 nitrogen and oxygen atoms in total. The van der Waals surface area contributed by atoms with Crippen LogP contribution in [0, 0.1) is 16.0 Å². The van der Waals surface area contributed by atoms with Crippen molar-refractivity contribution >= 4 is 17.3 Å². The third kappa shape index (κ3) is 4.24. The van der Waals surface area contributed by atoms with Crippen molar-refractivity contribution in [2.75, 3.05) is 18.9 Å². The molecule has 19 heavy (non-hydrogen) atoms. The van der Waals surface area contributed by atoms with E-state index in [-0.39, 0.29) is 11.6 Å². The van der Waals surface area contributed by atoms with Gasteiger partial charge in [-0.05, 0) is 24.5 Å². The number of hydrogen-bond acceptors (Lipinski definition) is 4. The van der Waals surface area contributed by atoms with Crippen LogP contribution in [0.1, 0.15) is 30.6 Å². The molecule has 0 saturated heterocycles. The van der Waals surface area contributed by atoms with Crippen molar-refractivity contribution in [3.8, 4) is 0 Å². The first-order valence-electron chi connectivity index (χ1n) is 6.20. The topological polar surface area (TPSA) is 84.3 Å². The lowest BCUT2D eigenvalue weighted by atomic mass is 10.1. The maximum atomic E-state index is 11.5. The highest BCUT2D eigenvalue weighted by atomic mass is 16.6. The van der Waals surface area contributed by atoms with Gasteiger partial charge < -0.3 is 10.6 Å². The maximum absolute atomic E-state index is 11.5. The van der Waals surface area contributed by atoms with Crippen molar-refractivity contribution in [1.29, 1.82) is 0 Å². The minimum absolute atomic E-state index is 0.0172. The standard InChI is InChI=1S/C13H19N3O3/c1-9(2)6-7-15-11-8-10(13(17)14-3)4-5-12(11)16(18)19/h4-5,8-9,15H,6-7H2,1-3H3,(H,14,17). The van der Waals surface area contributed by atoms with E-state index < -0.39 is 4.92 Å². The second kappa shape index (κ2) is 6.72. The van der Waals surface area contributed by atoms with Crippen LogP contribution in [0.3, 0.4) is 0 Å². The molecule has 0 aromatic heterocycles. The van der Waals surface area contributed by atoms with Gasteiger partial charge in [0.15, 0.2) is 0 Å². The highest BCUT2D eigenvalue weighted by Crippen LogP contribution is 2.25. The third-order valence-electron chi connectivity index (χ3n) is 2.72. The Bertz CT molecular complexity index is 472. The van der Waals surface area contributed by atoms with Crippen molar-refractivity contribution in [2.24, 2.45) is 5.92 Å². The van der Waals surface area contributed by atoms with Gasteiger partial charge in [-0.3, -0.25) is 14.9 Å². The molecule has 0 fully saturated rings. The second-order valence-electron chi connectivity index (χ2n) is 4.68. The van der Waals surface area contributed by atoms with Gasteiger partial charge in [0.05, 0.1) is 4.92 Å². The molecule has 0 heterocycles. The molecule has 0 radical (unpaired) electrons. The first kappa shape index (κ1) is 14.9. The summed E-state index contributed by atoms with van der Waals surface area (Å²) >= 11 is 0. The van der Waals surface area contributed by atoms with Crippen LogP contribution in [-0.2, 0) is 0 Å². The summed E-state index contributed by atoms with van der Waals surface area (Å²) in [7, 11) is 1.52. The maximum Gasteiger partial charge on any atom is 0.292 e. The highest BCUT2D eigenvalue weighted by Gasteiger charge is 2.16. The van der Waals surface area contributed by atoms with Gasteiger partial charge in [-0.1, -0.05) is 13.8 Å². The lowest BCUT2D eigenvalue weighted by Crippen LogP contribution is -2.18. The third-order valence-corrected chi connectivity index (χ3v) is 2.72. The minimum Gasteiger partial charge on any atom is -0.379 e. The van der Waals surface area contributed by atoms with Crippen LogP contribution in [0.4, 0.5) is 11.4 Å². The number of benzene rings is 1. The Balaban J connectivity index is 2.95. The fraction of sp³-hybridized carbons (Fsp3) is 0.462. The molecular formula is C13H19N3O3. The Morgan fingerprint density at radius 3 is 2.63 bits per heavy atom. The van der Waals surface area contributed by atoms with Crippen LogP contribution < -0.4 is 10.6 Å². The van der Waals surface area contributed by atoms with E-state index in [1.165, 1.54) is 25.2 Å². The first-order valence-corrected chi connectivity index (χ1v) is 6.20. The van der Waals surface area contributed by atoms with Crippen LogP contribution in [0.2, 0.25) is 0 Å². The van der Waals surface area contributed by atoms with Gasteiger partial charge >= 0.3 is 0 Å². The molecule has 0 atom stereocenters. The quantitative estimate of drug-likeness (QED) is 0.611. The zero-order valence-electron chi connectivity index (χ0n) is 11.4. The zero-order valence-corrected chi connectivity index (χ0v) is 11.4. The molecule has 104 valence electrons. The Labute approximate surface area is 112 Å². The van der Waals surface area contributed by atoms with Gasteiger partial charge in [-0.15, -0.1) is 0 Å². The molecule has 0 aliphatic heterocycles. The lowest BCUT2D eigenvalue weighted by Gasteiger charge is -2.10. The average Bonchev–Trinajstić information content (AvgIpc) is 2.37. The fourth-order valence-electron chi connectivity index (χ4n) is 1.62. The molecule has 2 N–H and O–H groups in total. The van der Waals surface area contributed by atoms with Gasteiger partial charge in [0.25, 0.3) is 11.6 Å². The summed E-state index contributed by atoms with van der Waals surface area (Å²) in [5.41, 5.74) is 0.767. The fourth-order valence-corrected chi connectivity index (χ4v) is 1.62. The molecule has 0 unspecified atom stereocenters. The predicted octanol–water partition coefficient (Wildman–Crippen LogP) is 2.41. The SMILES string of the molecule is CNC(=O)c1ccc([N+](=O)[O-])c(NCCC(C)C)c1. The monoisotopic (exact) mass is 265 g/mol. The van der Waals surface area contributed by atoms with Crippen molar-refractivity contribution in [3.63, 3.8) is 0 Å². The molecule has 6 heteroatoms. The Hall–Kier alpha value is -2.11. The van der Waals surface area contributed by atoms with E-state index >= 15 is 0 Å². The second-order valence-corrected chi connectivity index (χ2v) is 4.68. The summed E-state index contributed by atoms with van der Waals surface area (Å²) in [4.78, 5) is 22.0. The summed E-state index contributed by atoms with van der Waals surface area (Å²) in [5, 5.41) is 16.5. The molecule has 0 aliphatic carbocycles. The molecule has 1 amide bonds. The molecule has 0 bridgehead atoms. The number of amides is 1. The van der Waals surface area contributed by atoms with Gasteiger partial charge in [0, 0.05) is 25.2 Å². The van der Waals surface area contributed by atoms with Crippen LogP contribution >= 0.6 is 0 Å². The smallest absolute Gasteiger partial charge is 0.292 e. The number of nitrogens with zero attached hydrogens (tertiary/aromatic N) is 1. The van der Waals surface area contributed by atoms with E-state index in [2.05, 4.69) is 24.5 Å². The van der Waals surface area contributed by atoms with Crippen molar-refractivity contribution in [2.45, 2.75) is 20.3 Å². The van der Waals surface area contributed by atoms with E-state index in [1.54, 1.807) is 0 Å². The lowest BCUT2D eigenvalue weighted by molar-refractivity contribution is -0.384. The predicted molar refractivity (Wildman–Crippen MR) is 74.4 cm³/mol. The summed E-state index contributed by atoms with van der Waals surface area (Å²) in [5.74, 6) is 0.246. The molecule has 1 aromatic carbocycles. The Kier molecular flexibility index (Phi) is 5.29. The van der Waals surface area contributed by atoms with Gasteiger partial charge in [-0.25, -0.2) is 0 Å². The highest BCUT2D eigenvalue weighted by molar-refractivity contribution is 5.95. The largest absolute Gasteiger partial charge is 0.379 e. The Morgan fingerprint density at radius 1 is 1.42 bits per heavy atom.